The smallest absolute Gasteiger partial charge is 0.166 e. The van der Waals surface area contributed by atoms with Crippen LogP contribution in [-0.4, -0.2) is 37.8 Å². The van der Waals surface area contributed by atoms with E-state index in [0.717, 1.165) is 18.2 Å². The molecule has 1 saturated heterocycles. The number of hydrogen-bond donors (Lipinski definition) is 0. The van der Waals surface area contributed by atoms with Crippen LogP contribution in [0.1, 0.15) is 68.0 Å². The highest BCUT2D eigenvalue weighted by Gasteiger charge is 2.34. The summed E-state index contributed by atoms with van der Waals surface area (Å²) in [4.78, 5) is 13.5. The van der Waals surface area contributed by atoms with Gasteiger partial charge in [0, 0.05) is 37.1 Å². The average Bonchev–Trinajstić information content (AvgIpc) is 3.15. The Balaban J connectivity index is 1.94. The van der Waals surface area contributed by atoms with Crippen LogP contribution in [0.4, 0.5) is 0 Å². The van der Waals surface area contributed by atoms with Gasteiger partial charge in [0.15, 0.2) is 17.3 Å². The van der Waals surface area contributed by atoms with E-state index in [1.54, 1.807) is 0 Å². The molecule has 148 valence electrons. The van der Waals surface area contributed by atoms with Gasteiger partial charge in [-0.1, -0.05) is 30.3 Å². The molecule has 1 aliphatic heterocycles. The Labute approximate surface area is 195 Å². The minimum absolute atomic E-state index is 0.385. The largest absolute Gasteiger partial charge is 0.493 e. The Morgan fingerprint density at radius 3 is 2.61 bits per heavy atom. The lowest BCUT2D eigenvalue weighted by molar-refractivity contribution is 0.0895. The van der Waals surface area contributed by atoms with E-state index in [1.165, 1.54) is 18.2 Å². The number of fused-ring (bicyclic) bond motifs is 1. The predicted molar refractivity (Wildman–Crippen MR) is 110 cm³/mol. The predicted octanol–water partition coefficient (Wildman–Crippen LogP) is 4.36. The molecule has 0 radical (unpaired) electrons. The van der Waals surface area contributed by atoms with Crippen LogP contribution in [0.3, 0.4) is 0 Å². The van der Waals surface area contributed by atoms with Crippen molar-refractivity contribution in [2.75, 3.05) is 27.1 Å². The third-order valence-corrected chi connectivity index (χ3v) is 4.15. The molecule has 2 aromatic carbocycles. The number of nitrogens with zero attached hydrogens (tertiary/aromatic N) is 1. The highest BCUT2D eigenvalue weighted by molar-refractivity contribution is 6.02. The van der Waals surface area contributed by atoms with Crippen LogP contribution < -0.4 is 9.47 Å². The summed E-state index contributed by atoms with van der Waals surface area (Å²) in [6, 6.07) is 7.63. The van der Waals surface area contributed by atoms with Crippen molar-refractivity contribution in [3.05, 3.63) is 59.2 Å². The molecule has 0 aromatic heterocycles. The summed E-state index contributed by atoms with van der Waals surface area (Å²) >= 11 is 0. The molecule has 1 unspecified atom stereocenters. The number of likely N-dealkylation sites (tertiary alicyclic amines) is 1. The number of ether oxygens (including phenoxy) is 2. The van der Waals surface area contributed by atoms with E-state index in [0.29, 0.717) is 6.07 Å². The Morgan fingerprint density at radius 1 is 1.18 bits per heavy atom. The van der Waals surface area contributed by atoms with Crippen LogP contribution in [0.25, 0.3) is 0 Å². The summed E-state index contributed by atoms with van der Waals surface area (Å²) in [5.41, 5.74) is -1.49. The topological polar surface area (TPSA) is 38.8 Å². The Bertz CT molecular complexity index is 1570. The van der Waals surface area contributed by atoms with Crippen molar-refractivity contribution in [2.24, 2.45) is 11.8 Å². The third-order valence-electron chi connectivity index (χ3n) is 4.15. The molecule has 2 aromatic rings. The molecule has 1 atom stereocenters. The fourth-order valence-electron chi connectivity index (χ4n) is 2.85. The van der Waals surface area contributed by atoms with Crippen LogP contribution in [0, 0.1) is 11.8 Å². The quantitative estimate of drug-likeness (QED) is 0.723. The second-order valence-corrected chi connectivity index (χ2v) is 5.93. The van der Waals surface area contributed by atoms with E-state index in [9.17, 15) is 4.79 Å². The van der Waals surface area contributed by atoms with Crippen LogP contribution in [0.2, 0.25) is 0 Å². The van der Waals surface area contributed by atoms with Crippen molar-refractivity contribution < 1.29 is 41.7 Å². The number of piperidine rings is 1. The first-order valence-electron chi connectivity index (χ1n) is 18.2. The lowest BCUT2D eigenvalue weighted by atomic mass is 9.85. The number of Topliss-reactive ketones (excluding diaryl/α,β-unsaturated/α-hetero) is 1. The van der Waals surface area contributed by atoms with Crippen molar-refractivity contribution in [3.63, 3.8) is 0 Å². The number of rotatable bonds is 6. The molecule has 0 amide bonds. The van der Waals surface area contributed by atoms with Gasteiger partial charge in [-0.25, -0.2) is 0 Å². The number of ketones is 1. The minimum Gasteiger partial charge on any atom is -0.493 e. The van der Waals surface area contributed by atoms with E-state index in [2.05, 4.69) is 0 Å². The van der Waals surface area contributed by atoms with Crippen molar-refractivity contribution in [3.8, 4) is 11.5 Å². The van der Waals surface area contributed by atoms with Gasteiger partial charge in [-0.3, -0.25) is 9.69 Å². The first kappa shape index (κ1) is 6.60. The van der Waals surface area contributed by atoms with E-state index < -0.39 is 104 Å². The lowest BCUT2D eigenvalue weighted by Gasteiger charge is -2.32. The molecule has 0 N–H and O–H groups in total. The standard InChI is InChI=1S/C24H29NO3/c1-27-22-14-19-13-20(24(26)21(19)15-23(22)28-2)12-17-8-10-25(11-9-17)16-18-6-4-3-5-7-18/h3-7,14-15,17,20H,8-13,16H2,1-2H3/i1D3,2D3,8D2,9D2,10D2,11D2,12D2,16D2,17D,20D. The molecule has 4 nitrogen and oxygen atoms in total. The van der Waals surface area contributed by atoms with Crippen LogP contribution in [0.5, 0.6) is 11.5 Å². The van der Waals surface area contributed by atoms with Crippen molar-refractivity contribution in [1.29, 1.82) is 0 Å². The van der Waals surface area contributed by atoms with Crippen LogP contribution >= 0.6 is 0 Å². The summed E-state index contributed by atoms with van der Waals surface area (Å²) in [5, 5.41) is 0. The number of carbonyl (C=O) groups excluding carboxylic acids is 1. The van der Waals surface area contributed by atoms with Gasteiger partial charge < -0.3 is 9.47 Å². The molecule has 1 aliphatic carbocycles. The molecular weight excluding hydrogens is 350 g/mol. The van der Waals surface area contributed by atoms with Gasteiger partial charge in [0.05, 0.1) is 22.3 Å². The molecule has 0 spiro atoms. The summed E-state index contributed by atoms with van der Waals surface area (Å²) in [7, 11) is -6.44. The summed E-state index contributed by atoms with van der Waals surface area (Å²) in [6.07, 6.45) is -13.8. The maximum absolute atomic E-state index is 13.9. The molecular formula is C24H29NO3. The molecule has 1 heterocycles. The SMILES string of the molecule is [2H]C([2H])([2H])Oc1cc2c(cc1OC([2H])([2H])[2H])C(=O)C([2H])(C([2H])([2H])C1([2H])C([2H])([2H])C([2H])([2H])N(C([2H])([2H])c3ccccc3)C([2H])([2H])C1([2H])[2H])C2. The highest BCUT2D eigenvalue weighted by atomic mass is 16.5. The van der Waals surface area contributed by atoms with Gasteiger partial charge in [0.25, 0.3) is 0 Å². The third kappa shape index (κ3) is 3.93. The number of carbonyl (C=O) groups is 1. The van der Waals surface area contributed by atoms with E-state index in [1.807, 2.05) is 0 Å². The fourth-order valence-corrected chi connectivity index (χ4v) is 2.85. The summed E-state index contributed by atoms with van der Waals surface area (Å²) < 4.78 is 177. The number of hydrogen-bond acceptors (Lipinski definition) is 4. The van der Waals surface area contributed by atoms with Crippen LogP contribution in [-0.2, 0) is 12.9 Å². The maximum Gasteiger partial charge on any atom is 0.166 e. The van der Waals surface area contributed by atoms with Gasteiger partial charge in [-0.2, -0.15) is 0 Å². The first-order chi connectivity index (χ1) is 21.3. The van der Waals surface area contributed by atoms with Gasteiger partial charge >= 0.3 is 0 Å². The van der Waals surface area contributed by atoms with Gasteiger partial charge in [-0.05, 0) is 67.7 Å². The minimum atomic E-state index is -4.35. The number of benzene rings is 2. The zero-order valence-corrected chi connectivity index (χ0v) is 14.4. The molecule has 0 bridgehead atoms. The van der Waals surface area contributed by atoms with E-state index in [4.69, 9.17) is 36.9 Å². The maximum atomic E-state index is 13.9. The van der Waals surface area contributed by atoms with Gasteiger partial charge in [-0.15, -0.1) is 0 Å². The average molecular weight is 400 g/mol. The Hall–Kier alpha value is -2.33. The number of methoxy groups -OCH3 is 2. The molecule has 2 aliphatic rings. The molecule has 4 heteroatoms. The zero-order valence-electron chi connectivity index (χ0n) is 34.4. The molecule has 1 fully saturated rings. The van der Waals surface area contributed by atoms with Crippen LogP contribution in [0.15, 0.2) is 42.5 Å². The fraction of sp³-hybridized carbons (Fsp3) is 0.458. The normalized spacial score (nSPS) is 43.6. The second kappa shape index (κ2) is 8.36. The molecule has 0 saturated carbocycles. The monoisotopic (exact) mass is 399 g/mol. The highest BCUT2D eigenvalue weighted by Crippen LogP contribution is 2.39. The summed E-state index contributed by atoms with van der Waals surface area (Å²) in [6.45, 7) is -11.4. The van der Waals surface area contributed by atoms with E-state index in [-0.39, 0.29) is 5.56 Å². The van der Waals surface area contributed by atoms with Crippen molar-refractivity contribution in [2.45, 2.75) is 32.0 Å². The molecule has 28 heavy (non-hydrogen) atoms. The van der Waals surface area contributed by atoms with E-state index >= 15 is 0 Å². The lowest BCUT2D eigenvalue weighted by Crippen LogP contribution is -2.34. The zero-order chi connectivity index (χ0) is 37.1. The van der Waals surface area contributed by atoms with Gasteiger partial charge in [0.1, 0.15) is 0 Å². The second-order valence-electron chi connectivity index (χ2n) is 5.93. The Morgan fingerprint density at radius 2 is 1.89 bits per heavy atom. The Kier molecular flexibility index (Phi) is 1.97. The molecule has 4 rings (SSSR count). The van der Waals surface area contributed by atoms with Crippen molar-refractivity contribution >= 4 is 5.78 Å². The summed E-state index contributed by atoms with van der Waals surface area (Å²) in [5.74, 6) is -11.0. The van der Waals surface area contributed by atoms with Gasteiger partial charge in [0.2, 0.25) is 0 Å². The van der Waals surface area contributed by atoms with Crippen molar-refractivity contribution in [1.82, 2.24) is 4.90 Å². The first-order valence-corrected chi connectivity index (χ1v) is 8.21.